The first-order valence-corrected chi connectivity index (χ1v) is 45.3. The fourth-order valence-electron chi connectivity index (χ4n) is 9.73. The molecule has 1 atom stereocenters. The first kappa shape index (κ1) is 126. The number of aromatic nitrogens is 2. The number of Topliss-reactive ketones (excluding diaryl/α,β-unsaturated/α-hetero) is 2. The van der Waals surface area contributed by atoms with Crippen LogP contribution in [0, 0.1) is 81.2 Å². The Labute approximate surface area is 830 Å². The number of furan rings is 1. The van der Waals surface area contributed by atoms with Crippen molar-refractivity contribution < 1.29 is 77.5 Å². The molecule has 12 aromatic rings. The number of para-hydroxylation sites is 2. The molecule has 137 heavy (non-hydrogen) atoms. The van der Waals surface area contributed by atoms with Crippen molar-refractivity contribution in [3.63, 3.8) is 0 Å². The quantitative estimate of drug-likeness (QED) is 0.00667. The highest BCUT2D eigenvalue weighted by Crippen LogP contribution is 2.22. The molecule has 0 fully saturated rings. The van der Waals surface area contributed by atoms with Crippen LogP contribution in [0.1, 0.15) is 112 Å². The molecule has 0 spiro atoms. The van der Waals surface area contributed by atoms with Crippen molar-refractivity contribution in [1.29, 1.82) is 0 Å². The lowest BCUT2D eigenvalue weighted by molar-refractivity contribution is -0.384. The Morgan fingerprint density at radius 2 is 1.07 bits per heavy atom. The van der Waals surface area contributed by atoms with Gasteiger partial charge in [-0.15, -0.1) is 0 Å². The van der Waals surface area contributed by atoms with E-state index in [9.17, 15) is 68.8 Å². The number of nitro groups is 1. The first-order valence-electron chi connectivity index (χ1n) is 41.7. The third kappa shape index (κ3) is 54.8. The van der Waals surface area contributed by atoms with Gasteiger partial charge in [0.05, 0.1) is 65.3 Å². The van der Waals surface area contributed by atoms with E-state index >= 15 is 0 Å². The highest BCUT2D eigenvalue weighted by molar-refractivity contribution is 9.11. The number of anilines is 1. The second kappa shape index (κ2) is 75.2. The number of nitrogens with two attached hydrogens (primary N) is 13. The molecule has 41 heteroatoms. The van der Waals surface area contributed by atoms with E-state index in [1.54, 1.807) is 54.6 Å². The number of ether oxygens (including phenoxy) is 2. The van der Waals surface area contributed by atoms with Gasteiger partial charge in [-0.1, -0.05) is 146 Å². The molecule has 0 aliphatic rings. The number of amides is 2. The maximum absolute atomic E-state index is 12.8. The largest absolute Gasteiger partial charge is 0.465 e. The zero-order valence-corrected chi connectivity index (χ0v) is 83.1. The topological polar surface area (TPSA) is 534 Å². The van der Waals surface area contributed by atoms with Gasteiger partial charge in [0.2, 0.25) is 18.1 Å². The SMILES string of the molecule is CCCCN.CCN.CCOC(C#CCN)OCC.Cc1ccc(CN)o1.NCC(=O)NC(Cc1ccccc1)C(=O)Nc1ccc([N+](=O)[O-])cc1.NCC(=O)c1cc(F)ccc1F.NCC(=O)c1ccc(F)c(F)c1.NCc1cc(Br)ccc1F.NCc1cc(F)ccc1Br.NCc1ccc(Br)cc1F.NCc1ccc(Cl)cc1F.NCc1ccc(F)c(Br)c1.NCc1nc2ccccc2[nH]1. The molecule has 1 unspecified atom stereocenters. The summed E-state index contributed by atoms with van der Waals surface area (Å²) in [5, 5.41) is 16.3. The van der Waals surface area contributed by atoms with Crippen LogP contribution in [-0.4, -0.2) is 103 Å². The fraction of sp³-hybridized carbons (Fsp3) is 0.260. The number of unbranched alkanes of at least 4 members (excludes halogenated alkanes) is 1. The smallest absolute Gasteiger partial charge is 0.269 e. The standard InChI is InChI=1S/C17H18N4O4.2C8H7F2NO.C8H9N3.C8H15NO2.4C7H7BrFN.C7H7ClFN.C6H9NO.C4H11N.C2H7N/c18-11-16(22)20-15(10-12-4-2-1-3-5-12)17(23)19-13-6-8-14(9-7-13)21(24)25;9-5-1-2-7(10)6(3-5)8(12)4-11;9-6-2-1-5(3-7(6)10)8(12)4-11;9-5-8-10-6-3-1-2-4-7(6)11-8;1-3-10-8(11-4-2)6-5-7-9;8-7-2-1-6(9)3-5(7)4-10;8-6-1-2-7(9)5(3-6)4-10;8-6-2-1-5(4-10)7(9)3-6;8-6-3-5(4-10)1-2-7(6)9;8-6-2-1-5(4-10)7(9)3-6;1-5-2-3-6(4-7)8-5;1-2-3-4-5;1-2-3/h1-9,15H,10-11,18H2,(H,19,23)(H,20,22);2*1-3H,4,11H2;1-4H,5,9H2,(H,10,11);8H,3-4,7,9H2,1-2H3;5*1-3H,4,10H2;2-3H,4,7H2,1H3;2-5H2,1H3;2-3H2,1H3. The number of H-pyrrole nitrogens is 1. The number of nitrogens with one attached hydrogen (secondary N) is 3. The van der Waals surface area contributed by atoms with Gasteiger partial charge in [0.25, 0.3) is 5.69 Å². The number of non-ortho nitro benzene ring substituents is 1. The van der Waals surface area contributed by atoms with Crippen LogP contribution in [0.3, 0.4) is 0 Å². The van der Waals surface area contributed by atoms with Crippen molar-refractivity contribution in [3.8, 4) is 11.8 Å². The number of nitrogens with zero attached hydrogens (tertiary/aromatic N) is 2. The number of carbonyl (C=O) groups excluding carboxylic acids is 4. The minimum absolute atomic E-state index is 0.0738. The minimum atomic E-state index is -1.03. The third-order valence-electron chi connectivity index (χ3n) is 16.6. The molecular formula is C96H118Br4ClF9N18O9. The molecule has 2 amide bonds. The lowest BCUT2D eigenvalue weighted by Crippen LogP contribution is -2.47. The molecule has 10 aromatic carbocycles. The summed E-state index contributed by atoms with van der Waals surface area (Å²) in [5.74, 6) is 1.44. The molecule has 0 saturated heterocycles. The number of halogens is 14. The summed E-state index contributed by atoms with van der Waals surface area (Å²) in [6, 6.07) is 54.4. The molecule has 29 N–H and O–H groups in total. The number of hydrogen-bond donors (Lipinski definition) is 16. The van der Waals surface area contributed by atoms with Gasteiger partial charge >= 0.3 is 0 Å². The van der Waals surface area contributed by atoms with Crippen LogP contribution in [0.25, 0.3) is 11.0 Å². The average molecular weight is 2190 g/mol. The average Bonchev–Trinajstić information content (AvgIpc) is 1.78. The second-order valence-corrected chi connectivity index (χ2v) is 30.9. The number of benzene rings is 10. The van der Waals surface area contributed by atoms with E-state index < -0.39 is 63.9 Å². The molecule has 744 valence electrons. The summed E-state index contributed by atoms with van der Waals surface area (Å²) >= 11 is 18.2. The van der Waals surface area contributed by atoms with E-state index in [1.807, 2.05) is 94.4 Å². The highest BCUT2D eigenvalue weighted by atomic mass is 79.9. The number of ketones is 2. The van der Waals surface area contributed by atoms with Crippen LogP contribution in [-0.2, 0) is 71.3 Å². The summed E-state index contributed by atoms with van der Waals surface area (Å²) in [4.78, 5) is 63.3. The predicted octanol–water partition coefficient (Wildman–Crippen LogP) is 16.7. The molecule has 2 heterocycles. The van der Waals surface area contributed by atoms with Gasteiger partial charge in [-0.05, 0) is 224 Å². The van der Waals surface area contributed by atoms with E-state index in [4.69, 9.17) is 100 Å². The molecule has 27 nitrogen and oxygen atoms in total. The number of fused-ring (bicyclic) bond motifs is 1. The number of aromatic amines is 1. The Balaban J connectivity index is 0.00000150. The van der Waals surface area contributed by atoms with Gasteiger partial charge in [0.1, 0.15) is 64.1 Å². The summed E-state index contributed by atoms with van der Waals surface area (Å²) in [7, 11) is 0. The van der Waals surface area contributed by atoms with Crippen molar-refractivity contribution in [2.75, 3.05) is 57.8 Å². The van der Waals surface area contributed by atoms with Crippen LogP contribution >= 0.6 is 75.3 Å². The zero-order valence-electron chi connectivity index (χ0n) is 76.0. The van der Waals surface area contributed by atoms with Gasteiger partial charge in [0, 0.05) is 111 Å². The Hall–Kier alpha value is -10.8. The van der Waals surface area contributed by atoms with Crippen LogP contribution < -0.4 is 85.2 Å². The molecule has 12 rings (SSSR count). The maximum atomic E-state index is 12.8. The van der Waals surface area contributed by atoms with Crippen LogP contribution in [0.5, 0.6) is 0 Å². The normalized spacial score (nSPS) is 10.1. The van der Waals surface area contributed by atoms with Crippen molar-refractivity contribution in [1.82, 2.24) is 15.3 Å². The number of carbonyl (C=O) groups is 4. The molecule has 0 aliphatic carbocycles. The number of nitro benzene ring substituents is 1. The highest BCUT2D eigenvalue weighted by Gasteiger charge is 2.22. The van der Waals surface area contributed by atoms with E-state index in [2.05, 4.69) is 103 Å². The predicted molar refractivity (Wildman–Crippen MR) is 537 cm³/mol. The molecule has 0 aliphatic heterocycles. The van der Waals surface area contributed by atoms with Crippen molar-refractivity contribution in [2.45, 2.75) is 112 Å². The van der Waals surface area contributed by atoms with Gasteiger partial charge < -0.3 is 104 Å². The first-order chi connectivity index (χ1) is 65.4. The number of rotatable bonds is 24. The van der Waals surface area contributed by atoms with Gasteiger partial charge in [-0.25, -0.2) is 44.5 Å². The van der Waals surface area contributed by atoms with Gasteiger partial charge in [-0.2, -0.15) is 0 Å². The van der Waals surface area contributed by atoms with Crippen molar-refractivity contribution >= 4 is 121 Å². The Morgan fingerprint density at radius 3 is 1.54 bits per heavy atom. The molecule has 0 radical (unpaired) electrons. The fourth-order valence-corrected chi connectivity index (χ4v) is 11.5. The minimum Gasteiger partial charge on any atom is -0.465 e. The third-order valence-corrected chi connectivity index (χ3v) is 19.2. The van der Waals surface area contributed by atoms with E-state index in [0.717, 1.165) is 102 Å². The Kier molecular flexibility index (Phi) is 69.3. The summed E-state index contributed by atoms with van der Waals surface area (Å²) < 4.78 is 131. The summed E-state index contributed by atoms with van der Waals surface area (Å²) in [6.07, 6.45) is 2.27. The molecular weight excluding hydrogens is 2080 g/mol. The van der Waals surface area contributed by atoms with Crippen molar-refractivity contribution in [3.05, 3.63) is 366 Å². The summed E-state index contributed by atoms with van der Waals surface area (Å²) in [6.45, 7) is 14.6. The van der Waals surface area contributed by atoms with Crippen LogP contribution in [0.2, 0.25) is 5.02 Å². The maximum Gasteiger partial charge on any atom is 0.269 e. The number of hydrogen-bond acceptors (Lipinski definition) is 23. The zero-order chi connectivity index (χ0) is 103. The Bertz CT molecular complexity index is 5430. The monoisotopic (exact) mass is 2190 g/mol. The number of imidazole rings is 1. The van der Waals surface area contributed by atoms with Crippen molar-refractivity contribution in [2.24, 2.45) is 74.5 Å². The molecule has 0 bridgehead atoms. The van der Waals surface area contributed by atoms with Gasteiger partial charge in [-0.3, -0.25) is 29.3 Å². The van der Waals surface area contributed by atoms with E-state index in [-0.39, 0.29) is 85.2 Å². The lowest BCUT2D eigenvalue weighted by Gasteiger charge is -2.18. The summed E-state index contributed by atoms with van der Waals surface area (Å²) in [5.41, 5.74) is 73.9. The van der Waals surface area contributed by atoms with Crippen LogP contribution in [0.15, 0.2) is 241 Å². The van der Waals surface area contributed by atoms with E-state index in [1.165, 1.54) is 79.6 Å². The molecule has 0 saturated carbocycles. The van der Waals surface area contributed by atoms with Gasteiger partial charge in [0.15, 0.2) is 23.2 Å². The molecule has 2 aromatic heterocycles. The second-order valence-electron chi connectivity index (χ2n) is 27.0. The lowest BCUT2D eigenvalue weighted by atomic mass is 10.0. The Morgan fingerprint density at radius 1 is 0.511 bits per heavy atom. The van der Waals surface area contributed by atoms with Crippen LogP contribution in [0.4, 0.5) is 50.9 Å². The number of aryl methyl sites for hydroxylation is 1. The van der Waals surface area contributed by atoms with E-state index in [0.29, 0.717) is 84.2 Å².